The minimum Gasteiger partial charge on any atom is -0.455 e. The number of hydrogen-bond donors (Lipinski definition) is 0. The monoisotopic (exact) mass is 252 g/mol. The Morgan fingerprint density at radius 2 is 2.17 bits per heavy atom. The van der Waals surface area contributed by atoms with Crippen LogP contribution in [0, 0.1) is 5.92 Å². The van der Waals surface area contributed by atoms with Gasteiger partial charge in [-0.2, -0.15) is 4.39 Å². The summed E-state index contributed by atoms with van der Waals surface area (Å²) in [6.45, 7) is 0.999. The van der Waals surface area contributed by atoms with Gasteiger partial charge < -0.3 is 9.47 Å². The number of hydrogen-bond acceptors (Lipinski definition) is 4. The van der Waals surface area contributed by atoms with E-state index in [1.54, 1.807) is 37.3 Å². The Kier molecular flexibility index (Phi) is 3.32. The van der Waals surface area contributed by atoms with E-state index in [4.69, 9.17) is 4.74 Å². The van der Waals surface area contributed by atoms with Gasteiger partial charge in [-0.1, -0.05) is 25.1 Å². The first-order valence-electron chi connectivity index (χ1n) is 5.64. The summed E-state index contributed by atoms with van der Waals surface area (Å²) in [5.74, 6) is -3.94. The highest BCUT2D eigenvalue weighted by Gasteiger charge is 2.46. The molecule has 2 atom stereocenters. The van der Waals surface area contributed by atoms with Crippen molar-refractivity contribution in [3.8, 4) is 0 Å². The van der Waals surface area contributed by atoms with Crippen LogP contribution >= 0.6 is 0 Å². The van der Waals surface area contributed by atoms with Crippen molar-refractivity contribution < 1.29 is 23.5 Å². The van der Waals surface area contributed by atoms with Crippen molar-refractivity contribution in [1.29, 1.82) is 0 Å². The average molecular weight is 252 g/mol. The summed E-state index contributed by atoms with van der Waals surface area (Å²) in [5, 5.41) is 0. The van der Waals surface area contributed by atoms with E-state index in [-0.39, 0.29) is 6.42 Å². The molecule has 1 fully saturated rings. The minimum absolute atomic E-state index is 0.0894. The molecular formula is C13H13FO4. The first-order chi connectivity index (χ1) is 8.50. The molecule has 4 nitrogen and oxygen atoms in total. The standard InChI is InChI=1S/C13H13FO4/c1-9-7-13(14,18-11(9)15)8-17-12(16)10-5-3-2-4-6-10/h2-6,9H,7-8H2,1H3. The fourth-order valence-corrected chi connectivity index (χ4v) is 1.78. The zero-order chi connectivity index (χ0) is 13.2. The van der Waals surface area contributed by atoms with Crippen molar-refractivity contribution in [2.75, 3.05) is 6.61 Å². The lowest BCUT2D eigenvalue weighted by Crippen LogP contribution is -2.30. The number of carbonyl (C=O) groups excluding carboxylic acids is 2. The number of cyclic esters (lactones) is 1. The van der Waals surface area contributed by atoms with Gasteiger partial charge in [-0.15, -0.1) is 0 Å². The number of alkyl halides is 1. The van der Waals surface area contributed by atoms with E-state index in [2.05, 4.69) is 4.74 Å². The van der Waals surface area contributed by atoms with Crippen LogP contribution in [-0.2, 0) is 14.3 Å². The van der Waals surface area contributed by atoms with Crippen molar-refractivity contribution in [3.05, 3.63) is 35.9 Å². The molecule has 0 aliphatic carbocycles. The topological polar surface area (TPSA) is 52.6 Å². The lowest BCUT2D eigenvalue weighted by Gasteiger charge is -2.17. The molecule has 0 saturated carbocycles. The third-order valence-electron chi connectivity index (χ3n) is 2.73. The highest BCUT2D eigenvalue weighted by atomic mass is 19.2. The van der Waals surface area contributed by atoms with E-state index < -0.39 is 30.3 Å². The van der Waals surface area contributed by atoms with Crippen molar-refractivity contribution >= 4 is 11.9 Å². The van der Waals surface area contributed by atoms with Crippen molar-refractivity contribution in [1.82, 2.24) is 0 Å². The predicted molar refractivity (Wildman–Crippen MR) is 60.4 cm³/mol. The summed E-state index contributed by atoms with van der Waals surface area (Å²) in [6.07, 6.45) is -0.0894. The lowest BCUT2D eigenvalue weighted by atomic mass is 10.1. The molecular weight excluding hydrogens is 239 g/mol. The second-order valence-corrected chi connectivity index (χ2v) is 4.35. The fourth-order valence-electron chi connectivity index (χ4n) is 1.78. The molecule has 0 N–H and O–H groups in total. The van der Waals surface area contributed by atoms with E-state index in [1.165, 1.54) is 0 Å². The molecule has 1 aliphatic rings. The third-order valence-corrected chi connectivity index (χ3v) is 2.73. The first-order valence-corrected chi connectivity index (χ1v) is 5.64. The van der Waals surface area contributed by atoms with Crippen LogP contribution in [0.25, 0.3) is 0 Å². The van der Waals surface area contributed by atoms with Gasteiger partial charge in [0.1, 0.15) is 0 Å². The van der Waals surface area contributed by atoms with E-state index >= 15 is 0 Å². The minimum atomic E-state index is -2.19. The number of benzene rings is 1. The Bertz CT molecular complexity index is 459. The molecule has 0 aromatic heterocycles. The van der Waals surface area contributed by atoms with Gasteiger partial charge in [-0.05, 0) is 12.1 Å². The number of rotatable bonds is 3. The molecule has 1 aromatic rings. The molecule has 96 valence electrons. The average Bonchev–Trinajstić information content (AvgIpc) is 2.62. The molecule has 1 aliphatic heterocycles. The Morgan fingerprint density at radius 1 is 1.50 bits per heavy atom. The predicted octanol–water partition coefficient (Wildman–Crippen LogP) is 2.09. The highest BCUT2D eigenvalue weighted by Crippen LogP contribution is 2.32. The maximum absolute atomic E-state index is 14.0. The summed E-state index contributed by atoms with van der Waals surface area (Å²) in [7, 11) is 0. The molecule has 2 rings (SSSR count). The zero-order valence-electron chi connectivity index (χ0n) is 9.89. The molecule has 0 bridgehead atoms. The van der Waals surface area contributed by atoms with Crippen molar-refractivity contribution in [3.63, 3.8) is 0 Å². The van der Waals surface area contributed by atoms with E-state index in [0.29, 0.717) is 5.56 Å². The van der Waals surface area contributed by atoms with Crippen molar-refractivity contribution in [2.24, 2.45) is 5.92 Å². The molecule has 1 aromatic carbocycles. The maximum Gasteiger partial charge on any atom is 0.338 e. The van der Waals surface area contributed by atoms with Crippen LogP contribution in [0.4, 0.5) is 4.39 Å². The molecule has 5 heteroatoms. The van der Waals surface area contributed by atoms with Crippen LogP contribution in [0.15, 0.2) is 30.3 Å². The van der Waals surface area contributed by atoms with Gasteiger partial charge >= 0.3 is 11.9 Å². The Hall–Kier alpha value is -1.91. The summed E-state index contributed by atoms with van der Waals surface area (Å²) in [5.41, 5.74) is 0.332. The van der Waals surface area contributed by atoms with Gasteiger partial charge in [0.15, 0.2) is 6.61 Å². The Labute approximate surface area is 104 Å². The van der Waals surface area contributed by atoms with Crippen LogP contribution in [0.3, 0.4) is 0 Å². The molecule has 0 radical (unpaired) electrons. The molecule has 1 heterocycles. The summed E-state index contributed by atoms with van der Waals surface area (Å²) >= 11 is 0. The van der Waals surface area contributed by atoms with Crippen LogP contribution in [-0.4, -0.2) is 24.4 Å². The largest absolute Gasteiger partial charge is 0.455 e. The number of carbonyl (C=O) groups is 2. The van der Waals surface area contributed by atoms with Gasteiger partial charge in [0.25, 0.3) is 5.85 Å². The smallest absolute Gasteiger partial charge is 0.338 e. The Balaban J connectivity index is 1.93. The molecule has 18 heavy (non-hydrogen) atoms. The van der Waals surface area contributed by atoms with Crippen LogP contribution in [0.5, 0.6) is 0 Å². The lowest BCUT2D eigenvalue weighted by molar-refractivity contribution is -0.173. The summed E-state index contributed by atoms with van der Waals surface area (Å²) < 4.78 is 23.4. The van der Waals surface area contributed by atoms with Crippen LogP contribution < -0.4 is 0 Å². The van der Waals surface area contributed by atoms with Crippen LogP contribution in [0.2, 0.25) is 0 Å². The van der Waals surface area contributed by atoms with Gasteiger partial charge in [-0.3, -0.25) is 4.79 Å². The number of ether oxygens (including phenoxy) is 2. The number of halogens is 1. The van der Waals surface area contributed by atoms with Gasteiger partial charge in [-0.25, -0.2) is 4.79 Å². The highest BCUT2D eigenvalue weighted by molar-refractivity contribution is 5.89. The van der Waals surface area contributed by atoms with Gasteiger partial charge in [0.05, 0.1) is 11.5 Å². The molecule has 1 saturated heterocycles. The summed E-state index contributed by atoms with van der Waals surface area (Å²) in [4.78, 5) is 22.7. The van der Waals surface area contributed by atoms with E-state index in [9.17, 15) is 14.0 Å². The van der Waals surface area contributed by atoms with Crippen molar-refractivity contribution in [2.45, 2.75) is 19.2 Å². The van der Waals surface area contributed by atoms with Gasteiger partial charge in [0, 0.05) is 6.42 Å². The second-order valence-electron chi connectivity index (χ2n) is 4.35. The quantitative estimate of drug-likeness (QED) is 0.773. The van der Waals surface area contributed by atoms with Crippen LogP contribution in [0.1, 0.15) is 23.7 Å². The fraction of sp³-hybridized carbons (Fsp3) is 0.385. The maximum atomic E-state index is 14.0. The van der Waals surface area contributed by atoms with E-state index in [0.717, 1.165) is 0 Å². The SMILES string of the molecule is CC1CC(F)(COC(=O)c2ccccc2)OC1=O. The third kappa shape index (κ3) is 2.67. The summed E-state index contributed by atoms with van der Waals surface area (Å²) in [6, 6.07) is 8.25. The zero-order valence-corrected chi connectivity index (χ0v) is 9.89. The Morgan fingerprint density at radius 3 is 2.72 bits per heavy atom. The molecule has 0 spiro atoms. The normalized spacial score (nSPS) is 26.8. The van der Waals surface area contributed by atoms with Gasteiger partial charge in [0.2, 0.25) is 0 Å². The first kappa shape index (κ1) is 12.5. The second kappa shape index (κ2) is 4.76. The van der Waals surface area contributed by atoms with E-state index in [1.807, 2.05) is 0 Å². The molecule has 0 amide bonds. The molecule has 2 unspecified atom stereocenters. The number of esters is 2.